The second-order valence-corrected chi connectivity index (χ2v) is 2.79. The summed E-state index contributed by atoms with van der Waals surface area (Å²) in [5.41, 5.74) is -3.40. The lowest BCUT2D eigenvalue weighted by atomic mass is 10.1. The average Bonchev–Trinajstić information content (AvgIpc) is 2.29. The van der Waals surface area contributed by atoms with Gasteiger partial charge < -0.3 is 5.11 Å². The van der Waals surface area contributed by atoms with E-state index in [0.29, 0.717) is 6.07 Å². The van der Waals surface area contributed by atoms with Crippen molar-refractivity contribution in [1.29, 1.82) is 0 Å². The summed E-state index contributed by atoms with van der Waals surface area (Å²) in [5, 5.41) is 18.8. The number of nitro groups is 1. The summed E-state index contributed by atoms with van der Waals surface area (Å²) < 4.78 is 37.1. The lowest BCUT2D eigenvalue weighted by molar-refractivity contribution is -0.388. The number of aromatic carboxylic acids is 1. The minimum atomic E-state index is -4.96. The zero-order chi connectivity index (χ0) is 14.5. The first-order valence-corrected chi connectivity index (χ1v) is 4.82. The number of hydrogen-bond donors (Lipinski definition) is 1. The van der Waals surface area contributed by atoms with Gasteiger partial charge in [-0.25, -0.2) is 4.79 Å². The van der Waals surface area contributed by atoms with Crippen LogP contribution in [0.2, 0.25) is 0 Å². The molecule has 18 heavy (non-hydrogen) atoms. The van der Waals surface area contributed by atoms with E-state index in [1.165, 1.54) is 0 Å². The van der Waals surface area contributed by atoms with Crippen molar-refractivity contribution in [1.82, 2.24) is 0 Å². The number of rotatable bonds is 2. The Morgan fingerprint density at radius 3 is 2.17 bits per heavy atom. The van der Waals surface area contributed by atoms with Crippen molar-refractivity contribution in [2.75, 3.05) is 0 Å². The summed E-state index contributed by atoms with van der Waals surface area (Å²) in [7, 11) is 0. The molecule has 1 aromatic rings. The second-order valence-electron chi connectivity index (χ2n) is 2.79. The summed E-state index contributed by atoms with van der Waals surface area (Å²) in [6, 6.07) is 1.50. The third-order valence-electron chi connectivity index (χ3n) is 1.75. The molecule has 0 saturated heterocycles. The Bertz CT molecular complexity index is 457. The maximum Gasteiger partial charge on any atom is 0.423 e. The normalized spacial score (nSPS) is 10.3. The highest BCUT2D eigenvalue weighted by Gasteiger charge is 2.38. The van der Waals surface area contributed by atoms with Crippen LogP contribution in [0.5, 0.6) is 0 Å². The van der Waals surface area contributed by atoms with Gasteiger partial charge >= 0.3 is 12.1 Å². The van der Waals surface area contributed by atoms with Crippen LogP contribution in [0.15, 0.2) is 18.2 Å². The predicted molar refractivity (Wildman–Crippen MR) is 56.4 cm³/mol. The Hall–Kier alpha value is -2.12. The fraction of sp³-hybridized carbons (Fsp3) is 0.300. The topological polar surface area (TPSA) is 80.4 Å². The Labute approximate surface area is 100 Å². The zero-order valence-electron chi connectivity index (χ0n) is 9.49. The third-order valence-corrected chi connectivity index (χ3v) is 1.75. The summed E-state index contributed by atoms with van der Waals surface area (Å²) in [6.07, 6.45) is -4.96. The van der Waals surface area contributed by atoms with E-state index in [-0.39, 0.29) is 6.07 Å². The van der Waals surface area contributed by atoms with E-state index in [1.54, 1.807) is 0 Å². The molecule has 1 rings (SSSR count). The van der Waals surface area contributed by atoms with Crippen molar-refractivity contribution in [2.24, 2.45) is 0 Å². The molecule has 100 valence electrons. The van der Waals surface area contributed by atoms with Crippen LogP contribution < -0.4 is 0 Å². The molecule has 8 heteroatoms. The van der Waals surface area contributed by atoms with Crippen molar-refractivity contribution >= 4 is 11.7 Å². The first-order chi connectivity index (χ1) is 8.23. The Kier molecular flexibility index (Phi) is 5.28. The van der Waals surface area contributed by atoms with Crippen LogP contribution in [-0.2, 0) is 6.18 Å². The van der Waals surface area contributed by atoms with Gasteiger partial charge in [-0.1, -0.05) is 13.8 Å². The van der Waals surface area contributed by atoms with Gasteiger partial charge in [0.05, 0.1) is 10.5 Å². The quantitative estimate of drug-likeness (QED) is 0.656. The molecule has 0 unspecified atom stereocenters. The van der Waals surface area contributed by atoms with E-state index in [2.05, 4.69) is 0 Å². The molecule has 0 aromatic heterocycles. The summed E-state index contributed by atoms with van der Waals surface area (Å²) in [4.78, 5) is 19.5. The SMILES string of the molecule is CC.O=C(O)c1ccc([N+](=O)[O-])c(C(F)(F)F)c1. The Balaban J connectivity index is 0.00000137. The molecule has 0 aliphatic rings. The maximum absolute atomic E-state index is 12.4. The summed E-state index contributed by atoms with van der Waals surface area (Å²) >= 11 is 0. The van der Waals surface area contributed by atoms with Gasteiger partial charge in [0.2, 0.25) is 0 Å². The molecule has 0 heterocycles. The maximum atomic E-state index is 12.4. The van der Waals surface area contributed by atoms with Crippen LogP contribution in [-0.4, -0.2) is 16.0 Å². The molecule has 0 bridgehead atoms. The highest BCUT2D eigenvalue weighted by Crippen LogP contribution is 2.36. The first-order valence-electron chi connectivity index (χ1n) is 4.82. The number of benzene rings is 1. The van der Waals surface area contributed by atoms with Gasteiger partial charge in [-0.15, -0.1) is 0 Å². The first kappa shape index (κ1) is 15.9. The largest absolute Gasteiger partial charge is 0.478 e. The molecule has 1 N–H and O–H groups in total. The molecule has 0 atom stereocenters. The van der Waals surface area contributed by atoms with Gasteiger partial charge in [0, 0.05) is 6.07 Å². The number of carboxylic acids is 1. The van der Waals surface area contributed by atoms with E-state index in [9.17, 15) is 28.1 Å². The Morgan fingerprint density at radius 1 is 1.33 bits per heavy atom. The van der Waals surface area contributed by atoms with Gasteiger partial charge in [0.15, 0.2) is 0 Å². The highest BCUT2D eigenvalue weighted by molar-refractivity contribution is 5.88. The smallest absolute Gasteiger partial charge is 0.423 e. The molecule has 0 spiro atoms. The van der Waals surface area contributed by atoms with E-state index in [4.69, 9.17) is 5.11 Å². The minimum absolute atomic E-state index is 0.237. The predicted octanol–water partition coefficient (Wildman–Crippen LogP) is 3.34. The van der Waals surface area contributed by atoms with Crippen LogP contribution in [0, 0.1) is 10.1 Å². The number of hydrogen-bond acceptors (Lipinski definition) is 3. The number of alkyl halides is 3. The number of carboxylic acid groups (broad SMARTS) is 1. The van der Waals surface area contributed by atoms with Crippen molar-refractivity contribution < 1.29 is 28.0 Å². The van der Waals surface area contributed by atoms with Gasteiger partial charge in [-0.3, -0.25) is 10.1 Å². The minimum Gasteiger partial charge on any atom is -0.478 e. The van der Waals surface area contributed by atoms with Gasteiger partial charge in [0.1, 0.15) is 5.56 Å². The summed E-state index contributed by atoms with van der Waals surface area (Å²) in [5.74, 6) is -1.58. The monoisotopic (exact) mass is 265 g/mol. The molecule has 0 aliphatic heterocycles. The summed E-state index contributed by atoms with van der Waals surface area (Å²) in [6.45, 7) is 4.00. The fourth-order valence-electron chi connectivity index (χ4n) is 1.06. The highest BCUT2D eigenvalue weighted by atomic mass is 19.4. The molecule has 1 aromatic carbocycles. The van der Waals surface area contributed by atoms with Crippen LogP contribution in [0.1, 0.15) is 29.8 Å². The molecule has 0 fully saturated rings. The van der Waals surface area contributed by atoms with E-state index in [0.717, 1.165) is 6.07 Å². The van der Waals surface area contributed by atoms with Crippen molar-refractivity contribution in [2.45, 2.75) is 20.0 Å². The zero-order valence-corrected chi connectivity index (χ0v) is 9.49. The Morgan fingerprint density at radius 2 is 1.83 bits per heavy atom. The van der Waals surface area contributed by atoms with Crippen LogP contribution in [0.25, 0.3) is 0 Å². The number of carbonyl (C=O) groups is 1. The van der Waals surface area contributed by atoms with Crippen molar-refractivity contribution in [3.63, 3.8) is 0 Å². The fourth-order valence-corrected chi connectivity index (χ4v) is 1.06. The standard InChI is InChI=1S/C8H4F3NO4.C2H6/c9-8(10,11)5-3-4(7(13)14)1-2-6(5)12(15)16;1-2/h1-3H,(H,13,14);1-2H3. The number of nitrogens with zero attached hydrogens (tertiary/aromatic N) is 1. The third kappa shape index (κ3) is 3.72. The molecular formula is C10H10F3NO4. The van der Waals surface area contributed by atoms with Crippen LogP contribution in [0.4, 0.5) is 18.9 Å². The molecule has 0 saturated carbocycles. The van der Waals surface area contributed by atoms with Crippen molar-refractivity contribution in [3.8, 4) is 0 Å². The van der Waals surface area contributed by atoms with Gasteiger partial charge in [-0.05, 0) is 12.1 Å². The molecule has 5 nitrogen and oxygen atoms in total. The molecule has 0 amide bonds. The molecule has 0 aliphatic carbocycles. The lowest BCUT2D eigenvalue weighted by Crippen LogP contribution is -2.10. The number of nitro benzene ring substituents is 1. The van der Waals surface area contributed by atoms with Gasteiger partial charge in [-0.2, -0.15) is 13.2 Å². The van der Waals surface area contributed by atoms with E-state index < -0.39 is 33.9 Å². The second kappa shape index (κ2) is 5.99. The average molecular weight is 265 g/mol. The van der Waals surface area contributed by atoms with Crippen LogP contribution >= 0.6 is 0 Å². The molecule has 0 radical (unpaired) electrons. The molecular weight excluding hydrogens is 255 g/mol. The van der Waals surface area contributed by atoms with Crippen LogP contribution in [0.3, 0.4) is 0 Å². The number of halogens is 3. The van der Waals surface area contributed by atoms with Crippen molar-refractivity contribution in [3.05, 3.63) is 39.4 Å². The lowest BCUT2D eigenvalue weighted by Gasteiger charge is -2.07. The van der Waals surface area contributed by atoms with Gasteiger partial charge in [0.25, 0.3) is 5.69 Å². The van der Waals surface area contributed by atoms with E-state index >= 15 is 0 Å². The van der Waals surface area contributed by atoms with E-state index in [1.807, 2.05) is 13.8 Å².